The lowest BCUT2D eigenvalue weighted by Crippen LogP contribution is -2.37. The maximum absolute atomic E-state index is 12.5. The second-order valence-electron chi connectivity index (χ2n) is 5.33. The topological polar surface area (TPSA) is 79.7 Å². The molecule has 23 heavy (non-hydrogen) atoms. The van der Waals surface area contributed by atoms with Gasteiger partial charge < -0.3 is 4.57 Å². The number of likely N-dealkylation sites (N-methyl/N-ethyl adjacent to an activating group) is 1. The lowest BCUT2D eigenvalue weighted by Gasteiger charge is -2.13. The van der Waals surface area contributed by atoms with Gasteiger partial charge in [0.15, 0.2) is 5.78 Å². The molecule has 0 bridgehead atoms. The van der Waals surface area contributed by atoms with E-state index in [9.17, 15) is 19.2 Å². The van der Waals surface area contributed by atoms with Crippen LogP contribution in [0.3, 0.4) is 0 Å². The summed E-state index contributed by atoms with van der Waals surface area (Å²) in [6.45, 7) is 9.16. The molecule has 122 valence electrons. The van der Waals surface area contributed by atoms with Gasteiger partial charge in [0.2, 0.25) is 0 Å². The van der Waals surface area contributed by atoms with Crippen LogP contribution in [0.2, 0.25) is 0 Å². The number of nitrogens with zero attached hydrogens (tertiary/aromatic N) is 3. The normalized spacial score (nSPS) is 14.8. The summed E-state index contributed by atoms with van der Waals surface area (Å²) < 4.78 is 1.91. The molecule has 1 aromatic rings. The number of imide groups is 2. The number of carbonyl (C=O) groups is 4. The molecule has 7 nitrogen and oxygen atoms in total. The van der Waals surface area contributed by atoms with E-state index in [0.717, 1.165) is 16.3 Å². The molecule has 1 fully saturated rings. The molecule has 4 amide bonds. The first-order chi connectivity index (χ1) is 10.8. The zero-order valence-corrected chi connectivity index (χ0v) is 13.5. The van der Waals surface area contributed by atoms with Crippen molar-refractivity contribution in [2.45, 2.75) is 27.3 Å². The summed E-state index contributed by atoms with van der Waals surface area (Å²) in [5.74, 6) is -2.21. The fourth-order valence-corrected chi connectivity index (χ4v) is 2.69. The summed E-state index contributed by atoms with van der Waals surface area (Å²) in [4.78, 5) is 49.6. The van der Waals surface area contributed by atoms with Crippen LogP contribution in [0.4, 0.5) is 4.79 Å². The zero-order chi connectivity index (χ0) is 17.3. The summed E-state index contributed by atoms with van der Waals surface area (Å²) >= 11 is 0. The summed E-state index contributed by atoms with van der Waals surface area (Å²) in [5, 5.41) is 0. The Labute approximate surface area is 134 Å². The van der Waals surface area contributed by atoms with Gasteiger partial charge in [-0.1, -0.05) is 6.08 Å². The van der Waals surface area contributed by atoms with Crippen LogP contribution in [0.1, 0.15) is 28.7 Å². The van der Waals surface area contributed by atoms with Crippen LogP contribution in [-0.4, -0.2) is 51.1 Å². The molecule has 2 heterocycles. The van der Waals surface area contributed by atoms with Gasteiger partial charge in [-0.25, -0.2) is 9.69 Å². The van der Waals surface area contributed by atoms with E-state index in [-0.39, 0.29) is 12.3 Å². The quantitative estimate of drug-likeness (QED) is 0.343. The third-order valence-electron chi connectivity index (χ3n) is 3.94. The zero-order valence-electron chi connectivity index (χ0n) is 13.5. The molecule has 1 aliphatic rings. The maximum Gasteiger partial charge on any atom is 0.334 e. The summed E-state index contributed by atoms with van der Waals surface area (Å²) in [6, 6.07) is 0.974. The van der Waals surface area contributed by atoms with E-state index < -0.39 is 24.4 Å². The van der Waals surface area contributed by atoms with Gasteiger partial charge in [0.05, 0.1) is 6.54 Å². The average molecular weight is 317 g/mol. The van der Waals surface area contributed by atoms with Crippen molar-refractivity contribution in [1.82, 2.24) is 14.4 Å². The van der Waals surface area contributed by atoms with E-state index in [1.165, 1.54) is 0 Å². The predicted octanol–water partition coefficient (Wildman–Crippen LogP) is 1.28. The minimum absolute atomic E-state index is 0.0992. The molecule has 0 unspecified atom stereocenters. The number of aryl methyl sites for hydroxylation is 1. The highest BCUT2D eigenvalue weighted by Crippen LogP contribution is 2.18. The summed E-state index contributed by atoms with van der Waals surface area (Å²) in [6.07, 6.45) is 1.72. The van der Waals surface area contributed by atoms with Crippen LogP contribution in [0.5, 0.6) is 0 Å². The molecule has 1 saturated heterocycles. The fourth-order valence-electron chi connectivity index (χ4n) is 2.69. The third kappa shape index (κ3) is 2.69. The minimum atomic E-state index is -0.954. The Bertz CT molecular complexity index is 717. The highest BCUT2D eigenvalue weighted by Gasteiger charge is 2.44. The molecule has 0 aliphatic carbocycles. The molecular formula is C16H19N3O4. The van der Waals surface area contributed by atoms with E-state index in [4.69, 9.17) is 0 Å². The molecule has 0 saturated carbocycles. The number of allylic oxidation sites excluding steroid dienone is 1. The lowest BCUT2D eigenvalue weighted by atomic mass is 10.1. The highest BCUT2D eigenvalue weighted by atomic mass is 16.2. The van der Waals surface area contributed by atoms with Gasteiger partial charge in [-0.05, 0) is 26.8 Å². The molecule has 7 heteroatoms. The number of rotatable bonds is 6. The average Bonchev–Trinajstić information content (AvgIpc) is 2.90. The molecule has 0 N–H and O–H groups in total. The Morgan fingerprint density at radius 1 is 1.17 bits per heavy atom. The van der Waals surface area contributed by atoms with Gasteiger partial charge in [0, 0.05) is 30.0 Å². The fraction of sp³-hybridized carbons (Fsp3) is 0.375. The molecule has 2 rings (SSSR count). The van der Waals surface area contributed by atoms with E-state index in [2.05, 4.69) is 6.58 Å². The maximum atomic E-state index is 12.5. The van der Waals surface area contributed by atoms with Crippen molar-refractivity contribution in [3.05, 3.63) is 35.7 Å². The minimum Gasteiger partial charge on any atom is -0.345 e. The third-order valence-corrected chi connectivity index (χ3v) is 3.94. The number of hydrogen-bond acceptors (Lipinski definition) is 4. The molecule has 1 aromatic heterocycles. The molecule has 0 atom stereocenters. The number of hydrogen-bond donors (Lipinski definition) is 0. The number of ketones is 1. The Morgan fingerprint density at radius 3 is 2.30 bits per heavy atom. The molecule has 1 aliphatic heterocycles. The van der Waals surface area contributed by atoms with Gasteiger partial charge in [0.1, 0.15) is 0 Å². The van der Waals surface area contributed by atoms with Gasteiger partial charge in [-0.15, -0.1) is 6.58 Å². The van der Waals surface area contributed by atoms with Gasteiger partial charge in [-0.3, -0.25) is 19.3 Å². The standard InChI is InChI=1S/C16H19N3O4/c1-5-7-18-10(3)8-12(11(18)4)13(20)9-19-15(22)14(21)17(6-2)16(19)23/h5,8H,1,6-7,9H2,2-4H3. The van der Waals surface area contributed by atoms with Gasteiger partial charge >= 0.3 is 17.8 Å². The molecule has 0 radical (unpaired) electrons. The number of amides is 4. The Hall–Kier alpha value is -2.70. The van der Waals surface area contributed by atoms with Gasteiger partial charge in [0.25, 0.3) is 0 Å². The molecular weight excluding hydrogens is 298 g/mol. The second kappa shape index (κ2) is 6.20. The van der Waals surface area contributed by atoms with Crippen LogP contribution in [-0.2, 0) is 16.1 Å². The van der Waals surface area contributed by atoms with E-state index >= 15 is 0 Å². The van der Waals surface area contributed by atoms with Crippen LogP contribution in [0, 0.1) is 13.8 Å². The van der Waals surface area contributed by atoms with Crippen molar-refractivity contribution < 1.29 is 19.2 Å². The van der Waals surface area contributed by atoms with Gasteiger partial charge in [-0.2, -0.15) is 0 Å². The molecule has 0 spiro atoms. The first-order valence-corrected chi connectivity index (χ1v) is 7.31. The van der Waals surface area contributed by atoms with Crippen molar-refractivity contribution in [2.75, 3.05) is 13.1 Å². The van der Waals surface area contributed by atoms with Crippen molar-refractivity contribution in [1.29, 1.82) is 0 Å². The van der Waals surface area contributed by atoms with Crippen LogP contribution < -0.4 is 0 Å². The Morgan fingerprint density at radius 2 is 1.78 bits per heavy atom. The SMILES string of the molecule is C=CCn1c(C)cc(C(=O)CN2C(=O)C(=O)N(CC)C2=O)c1C. The predicted molar refractivity (Wildman–Crippen MR) is 82.9 cm³/mol. The highest BCUT2D eigenvalue weighted by molar-refractivity contribution is 6.45. The number of Topliss-reactive ketones (excluding diaryl/α,β-unsaturated/α-hetero) is 1. The van der Waals surface area contributed by atoms with Crippen molar-refractivity contribution in [3.8, 4) is 0 Å². The van der Waals surface area contributed by atoms with Crippen molar-refractivity contribution in [2.24, 2.45) is 0 Å². The van der Waals surface area contributed by atoms with Crippen LogP contribution in [0.25, 0.3) is 0 Å². The van der Waals surface area contributed by atoms with Crippen molar-refractivity contribution >= 4 is 23.6 Å². The number of urea groups is 1. The number of carbonyl (C=O) groups excluding carboxylic acids is 4. The lowest BCUT2D eigenvalue weighted by molar-refractivity contribution is -0.143. The smallest absolute Gasteiger partial charge is 0.334 e. The Balaban J connectivity index is 2.25. The van der Waals surface area contributed by atoms with E-state index in [1.54, 1.807) is 26.0 Å². The van der Waals surface area contributed by atoms with Crippen molar-refractivity contribution in [3.63, 3.8) is 0 Å². The van der Waals surface area contributed by atoms with E-state index in [1.807, 2.05) is 11.5 Å². The number of aromatic nitrogens is 1. The summed E-state index contributed by atoms with van der Waals surface area (Å²) in [5.41, 5.74) is 2.06. The van der Waals surface area contributed by atoms with Crippen LogP contribution in [0.15, 0.2) is 18.7 Å². The van der Waals surface area contributed by atoms with E-state index in [0.29, 0.717) is 17.0 Å². The monoisotopic (exact) mass is 317 g/mol. The molecule has 0 aromatic carbocycles. The Kier molecular flexibility index (Phi) is 4.49. The first kappa shape index (κ1) is 16.7. The second-order valence-corrected chi connectivity index (χ2v) is 5.33. The largest absolute Gasteiger partial charge is 0.345 e. The summed E-state index contributed by atoms with van der Waals surface area (Å²) in [7, 11) is 0. The van der Waals surface area contributed by atoms with Crippen LogP contribution >= 0.6 is 0 Å². The first-order valence-electron chi connectivity index (χ1n) is 7.31.